The normalized spacial score (nSPS) is 14.5. The quantitative estimate of drug-likeness (QED) is 0.854. The molecule has 6 heteroatoms. The van der Waals surface area contributed by atoms with Crippen molar-refractivity contribution in [2.45, 2.75) is 46.2 Å². The molecule has 24 heavy (non-hydrogen) atoms. The molecule has 1 aliphatic heterocycles. The largest absolute Gasteiger partial charge is 0.341 e. The van der Waals surface area contributed by atoms with E-state index >= 15 is 0 Å². The molecule has 0 radical (unpaired) electrons. The topological polar surface area (TPSA) is 64.3 Å². The Morgan fingerprint density at radius 2 is 1.83 bits per heavy atom. The van der Waals surface area contributed by atoms with Gasteiger partial charge in [-0.25, -0.2) is 4.79 Å². The Bertz CT molecular complexity index is 889. The lowest BCUT2D eigenvalue weighted by Gasteiger charge is -2.18. The minimum atomic E-state index is -0.397. The van der Waals surface area contributed by atoms with Crippen molar-refractivity contribution in [3.05, 3.63) is 44.6 Å². The molecule has 1 fully saturated rings. The highest BCUT2D eigenvalue weighted by atomic mass is 16.2. The Morgan fingerprint density at radius 3 is 2.50 bits per heavy atom. The summed E-state index contributed by atoms with van der Waals surface area (Å²) in [5.74, 6) is -0.0572. The number of nitrogens with zero attached hydrogens (tertiary/aromatic N) is 3. The predicted molar refractivity (Wildman–Crippen MR) is 93.3 cm³/mol. The highest BCUT2D eigenvalue weighted by Crippen LogP contribution is 2.13. The molecule has 6 nitrogen and oxygen atoms in total. The van der Waals surface area contributed by atoms with Gasteiger partial charge >= 0.3 is 5.69 Å². The zero-order valence-electron chi connectivity index (χ0n) is 14.2. The summed E-state index contributed by atoms with van der Waals surface area (Å²) in [6.45, 7) is 5.68. The Labute approximate surface area is 140 Å². The van der Waals surface area contributed by atoms with E-state index < -0.39 is 5.69 Å². The number of rotatable bonds is 4. The van der Waals surface area contributed by atoms with Crippen molar-refractivity contribution < 1.29 is 4.79 Å². The van der Waals surface area contributed by atoms with Crippen LogP contribution in [0.2, 0.25) is 0 Å². The summed E-state index contributed by atoms with van der Waals surface area (Å²) in [6.07, 6.45) is 2.71. The van der Waals surface area contributed by atoms with Gasteiger partial charge in [-0.15, -0.1) is 0 Å². The van der Waals surface area contributed by atoms with Crippen molar-refractivity contribution in [1.29, 1.82) is 0 Å². The fourth-order valence-corrected chi connectivity index (χ4v) is 3.31. The van der Waals surface area contributed by atoms with Crippen molar-refractivity contribution in [3.8, 4) is 0 Å². The number of likely N-dealkylation sites (tertiary alicyclic amines) is 1. The molecule has 0 unspecified atom stereocenters. The Hall–Kier alpha value is -2.37. The van der Waals surface area contributed by atoms with Crippen molar-refractivity contribution >= 4 is 16.8 Å². The zero-order valence-corrected chi connectivity index (χ0v) is 14.2. The molecule has 1 saturated heterocycles. The summed E-state index contributed by atoms with van der Waals surface area (Å²) in [4.78, 5) is 39.7. The second-order valence-corrected chi connectivity index (χ2v) is 6.43. The summed E-state index contributed by atoms with van der Waals surface area (Å²) < 4.78 is 2.70. The van der Waals surface area contributed by atoms with Crippen molar-refractivity contribution in [2.75, 3.05) is 13.1 Å². The minimum Gasteiger partial charge on any atom is -0.341 e. The molecule has 2 aromatic rings. The SMILES string of the molecule is CCCn1c(=O)c2cc(C)ccc2n(CC(=O)N2CCCC2)c1=O. The van der Waals surface area contributed by atoms with E-state index in [2.05, 4.69) is 0 Å². The van der Waals surface area contributed by atoms with Gasteiger partial charge in [0.15, 0.2) is 0 Å². The molecule has 3 rings (SSSR count). The first-order valence-corrected chi connectivity index (χ1v) is 8.54. The van der Waals surface area contributed by atoms with Crippen molar-refractivity contribution in [2.24, 2.45) is 0 Å². The number of carbonyl (C=O) groups excluding carboxylic acids is 1. The number of benzene rings is 1. The molecule has 1 amide bonds. The third kappa shape index (κ3) is 2.88. The van der Waals surface area contributed by atoms with Crippen LogP contribution in [0.4, 0.5) is 0 Å². The molecule has 0 bridgehead atoms. The fraction of sp³-hybridized carbons (Fsp3) is 0.500. The van der Waals surface area contributed by atoms with Gasteiger partial charge < -0.3 is 4.90 Å². The lowest BCUT2D eigenvalue weighted by Crippen LogP contribution is -2.43. The molecular weight excluding hydrogens is 306 g/mol. The number of hydrogen-bond donors (Lipinski definition) is 0. The Morgan fingerprint density at radius 1 is 1.12 bits per heavy atom. The van der Waals surface area contributed by atoms with Crippen LogP contribution in [-0.2, 0) is 17.9 Å². The first kappa shape index (κ1) is 16.5. The molecule has 1 aliphatic rings. The Balaban J connectivity index is 2.16. The maximum Gasteiger partial charge on any atom is 0.331 e. The van der Waals surface area contributed by atoms with Gasteiger partial charge in [0.1, 0.15) is 6.54 Å². The summed E-state index contributed by atoms with van der Waals surface area (Å²) in [5, 5.41) is 0.497. The van der Waals surface area contributed by atoms with E-state index in [0.717, 1.165) is 31.5 Å². The summed E-state index contributed by atoms with van der Waals surface area (Å²) in [7, 11) is 0. The van der Waals surface area contributed by atoms with Crippen molar-refractivity contribution in [3.63, 3.8) is 0 Å². The van der Waals surface area contributed by atoms with Crippen LogP contribution in [-0.4, -0.2) is 33.0 Å². The van der Waals surface area contributed by atoms with Crippen LogP contribution >= 0.6 is 0 Å². The van der Waals surface area contributed by atoms with Gasteiger partial charge in [0.25, 0.3) is 5.56 Å². The number of carbonyl (C=O) groups is 1. The number of aromatic nitrogens is 2. The zero-order chi connectivity index (χ0) is 17.3. The van der Waals surface area contributed by atoms with Gasteiger partial charge in [-0.3, -0.25) is 18.7 Å². The molecule has 0 atom stereocenters. The highest BCUT2D eigenvalue weighted by Gasteiger charge is 2.21. The third-order valence-electron chi connectivity index (χ3n) is 4.58. The minimum absolute atomic E-state index is 0.0115. The summed E-state index contributed by atoms with van der Waals surface area (Å²) >= 11 is 0. The number of fused-ring (bicyclic) bond motifs is 1. The standard InChI is InChI=1S/C18H23N3O3/c1-3-8-20-17(23)14-11-13(2)6-7-15(14)21(18(20)24)12-16(22)19-9-4-5-10-19/h6-7,11H,3-5,8-10,12H2,1-2H3. The maximum atomic E-state index is 12.8. The summed E-state index contributed by atoms with van der Waals surface area (Å²) in [5.41, 5.74) is 0.824. The van der Waals surface area contributed by atoms with Gasteiger partial charge in [0.05, 0.1) is 10.9 Å². The average Bonchev–Trinajstić information content (AvgIpc) is 3.10. The van der Waals surface area contributed by atoms with Crippen LogP contribution in [0.5, 0.6) is 0 Å². The van der Waals surface area contributed by atoms with E-state index in [1.54, 1.807) is 17.0 Å². The maximum absolute atomic E-state index is 12.8. The van der Waals surface area contributed by atoms with Crippen LogP contribution in [0.1, 0.15) is 31.7 Å². The van der Waals surface area contributed by atoms with E-state index in [1.165, 1.54) is 9.13 Å². The van der Waals surface area contributed by atoms with E-state index in [4.69, 9.17) is 0 Å². The van der Waals surface area contributed by atoms with Gasteiger partial charge in [0.2, 0.25) is 5.91 Å². The second kappa shape index (κ2) is 6.63. The predicted octanol–water partition coefficient (Wildman–Crippen LogP) is 1.50. The van der Waals surface area contributed by atoms with E-state index in [9.17, 15) is 14.4 Å². The van der Waals surface area contributed by atoms with Gasteiger partial charge in [-0.05, 0) is 38.3 Å². The van der Waals surface area contributed by atoms with E-state index in [0.29, 0.717) is 23.9 Å². The molecular formula is C18H23N3O3. The first-order valence-electron chi connectivity index (χ1n) is 8.54. The lowest BCUT2D eigenvalue weighted by molar-refractivity contribution is -0.130. The van der Waals surface area contributed by atoms with Crippen LogP contribution in [0.25, 0.3) is 10.9 Å². The van der Waals surface area contributed by atoms with Gasteiger partial charge in [-0.1, -0.05) is 18.6 Å². The molecule has 1 aromatic heterocycles. The van der Waals surface area contributed by atoms with Crippen LogP contribution in [0, 0.1) is 6.92 Å². The molecule has 0 saturated carbocycles. The molecule has 0 N–H and O–H groups in total. The fourth-order valence-electron chi connectivity index (χ4n) is 3.31. The smallest absolute Gasteiger partial charge is 0.331 e. The van der Waals surface area contributed by atoms with Gasteiger partial charge in [-0.2, -0.15) is 0 Å². The van der Waals surface area contributed by atoms with Crippen LogP contribution in [0.15, 0.2) is 27.8 Å². The molecule has 2 heterocycles. The van der Waals surface area contributed by atoms with Gasteiger partial charge in [0, 0.05) is 19.6 Å². The van der Waals surface area contributed by atoms with E-state index in [-0.39, 0.29) is 18.0 Å². The second-order valence-electron chi connectivity index (χ2n) is 6.43. The Kier molecular flexibility index (Phi) is 4.55. The lowest BCUT2D eigenvalue weighted by atomic mass is 10.1. The highest BCUT2D eigenvalue weighted by molar-refractivity contribution is 5.82. The van der Waals surface area contributed by atoms with Crippen molar-refractivity contribution in [1.82, 2.24) is 14.0 Å². The molecule has 1 aromatic carbocycles. The van der Waals surface area contributed by atoms with Crippen LogP contribution < -0.4 is 11.2 Å². The first-order chi connectivity index (χ1) is 11.5. The molecule has 128 valence electrons. The molecule has 0 aliphatic carbocycles. The number of amides is 1. The van der Waals surface area contributed by atoms with E-state index in [1.807, 2.05) is 19.9 Å². The van der Waals surface area contributed by atoms with Crippen LogP contribution in [0.3, 0.4) is 0 Å². The monoisotopic (exact) mass is 329 g/mol. The molecule has 0 spiro atoms. The number of aryl methyl sites for hydroxylation is 1. The average molecular weight is 329 g/mol. The number of hydrogen-bond acceptors (Lipinski definition) is 3. The third-order valence-corrected chi connectivity index (χ3v) is 4.58. The summed E-state index contributed by atoms with van der Waals surface area (Å²) in [6, 6.07) is 5.42.